The normalized spacial score (nSPS) is 10.3. The summed E-state index contributed by atoms with van der Waals surface area (Å²) in [7, 11) is 0. The molecule has 0 bridgehead atoms. The first-order valence-corrected chi connectivity index (χ1v) is 4.83. The predicted octanol–water partition coefficient (Wildman–Crippen LogP) is 2.20. The molecule has 0 amide bonds. The molecule has 0 aliphatic carbocycles. The average molecular weight is 221 g/mol. The maximum Gasteiger partial charge on any atom is 0.199 e. The van der Waals surface area contributed by atoms with Gasteiger partial charge in [-0.05, 0) is 25.5 Å². The van der Waals surface area contributed by atoms with E-state index in [9.17, 15) is 0 Å². The molecule has 2 heterocycles. The van der Waals surface area contributed by atoms with Crippen LogP contribution < -0.4 is 0 Å². The van der Waals surface area contributed by atoms with Gasteiger partial charge < -0.3 is 0 Å². The Kier molecular flexibility index (Phi) is 2.60. The van der Waals surface area contributed by atoms with E-state index in [1.807, 2.05) is 13.8 Å². The Bertz CT molecular complexity index is 461. The monoisotopic (exact) mass is 220 g/mol. The Morgan fingerprint density at radius 1 is 1.00 bits per heavy atom. The van der Waals surface area contributed by atoms with E-state index in [-0.39, 0.29) is 0 Å². The first-order chi connectivity index (χ1) is 7.15. The van der Waals surface area contributed by atoms with Crippen molar-refractivity contribution >= 4 is 11.6 Å². The van der Waals surface area contributed by atoms with Gasteiger partial charge in [0.15, 0.2) is 11.6 Å². The molecule has 0 unspecified atom stereocenters. The molecule has 0 atom stereocenters. The number of hydrogen-bond donors (Lipinski definition) is 0. The summed E-state index contributed by atoms with van der Waals surface area (Å²) in [5.41, 5.74) is 1.80. The van der Waals surface area contributed by atoms with E-state index in [0.29, 0.717) is 16.8 Å². The number of rotatable bonds is 1. The van der Waals surface area contributed by atoms with Crippen LogP contribution in [0.2, 0.25) is 5.15 Å². The third-order valence-electron chi connectivity index (χ3n) is 1.80. The molecule has 0 aliphatic heterocycles. The maximum absolute atomic E-state index is 5.82. The van der Waals surface area contributed by atoms with Crippen molar-refractivity contribution in [1.29, 1.82) is 0 Å². The van der Waals surface area contributed by atoms with E-state index in [1.54, 1.807) is 18.5 Å². The zero-order chi connectivity index (χ0) is 10.8. The zero-order valence-corrected chi connectivity index (χ0v) is 9.15. The second-order valence-corrected chi connectivity index (χ2v) is 3.63. The second-order valence-electron chi connectivity index (χ2n) is 3.24. The van der Waals surface area contributed by atoms with Gasteiger partial charge in [-0.15, -0.1) is 0 Å². The molecule has 0 saturated heterocycles. The fourth-order valence-corrected chi connectivity index (χ4v) is 1.38. The van der Waals surface area contributed by atoms with Crippen molar-refractivity contribution in [1.82, 2.24) is 19.9 Å². The standard InChI is InChI=1S/C10H9ClN4/c1-6-4-12-9(13-5-6)10-14-7(2)3-8(11)15-10/h3-5H,1-2H3. The maximum atomic E-state index is 5.82. The minimum atomic E-state index is 0.404. The fraction of sp³-hybridized carbons (Fsp3) is 0.200. The lowest BCUT2D eigenvalue weighted by atomic mass is 10.4. The molecule has 5 heteroatoms. The number of halogens is 1. The van der Waals surface area contributed by atoms with Crippen molar-refractivity contribution in [3.8, 4) is 11.6 Å². The van der Waals surface area contributed by atoms with Crippen LogP contribution in [-0.4, -0.2) is 19.9 Å². The first kappa shape index (κ1) is 9.98. The van der Waals surface area contributed by atoms with Crippen LogP contribution in [0.4, 0.5) is 0 Å². The second kappa shape index (κ2) is 3.90. The van der Waals surface area contributed by atoms with Gasteiger partial charge in [0.05, 0.1) is 0 Å². The van der Waals surface area contributed by atoms with Crippen LogP contribution in [0.15, 0.2) is 18.5 Å². The van der Waals surface area contributed by atoms with Gasteiger partial charge in [0.2, 0.25) is 0 Å². The summed E-state index contributed by atoms with van der Waals surface area (Å²) in [5, 5.41) is 0.404. The van der Waals surface area contributed by atoms with Crippen molar-refractivity contribution in [3.05, 3.63) is 34.9 Å². The highest BCUT2D eigenvalue weighted by Crippen LogP contribution is 2.13. The Morgan fingerprint density at radius 2 is 1.67 bits per heavy atom. The van der Waals surface area contributed by atoms with Crippen LogP contribution >= 0.6 is 11.6 Å². The van der Waals surface area contributed by atoms with Crippen LogP contribution in [0.5, 0.6) is 0 Å². The Hall–Kier alpha value is -1.55. The summed E-state index contributed by atoms with van der Waals surface area (Å²) >= 11 is 5.82. The minimum absolute atomic E-state index is 0.404. The van der Waals surface area contributed by atoms with Crippen LogP contribution in [0.1, 0.15) is 11.3 Å². The molecule has 0 saturated carbocycles. The molecule has 0 aliphatic rings. The van der Waals surface area contributed by atoms with Crippen molar-refractivity contribution in [2.45, 2.75) is 13.8 Å². The lowest BCUT2D eigenvalue weighted by molar-refractivity contribution is 1.04. The van der Waals surface area contributed by atoms with E-state index in [4.69, 9.17) is 11.6 Å². The van der Waals surface area contributed by atoms with Gasteiger partial charge in [-0.1, -0.05) is 11.6 Å². The van der Waals surface area contributed by atoms with Crippen molar-refractivity contribution in [2.24, 2.45) is 0 Å². The van der Waals surface area contributed by atoms with E-state index < -0.39 is 0 Å². The number of aromatic nitrogens is 4. The minimum Gasteiger partial charge on any atom is -0.234 e. The summed E-state index contributed by atoms with van der Waals surface area (Å²) in [4.78, 5) is 16.5. The molecule has 2 aromatic heterocycles. The zero-order valence-electron chi connectivity index (χ0n) is 8.40. The fourth-order valence-electron chi connectivity index (χ4n) is 1.14. The average Bonchev–Trinajstić information content (AvgIpc) is 2.17. The van der Waals surface area contributed by atoms with Crippen LogP contribution in [-0.2, 0) is 0 Å². The number of nitrogens with zero attached hydrogens (tertiary/aromatic N) is 4. The lowest BCUT2D eigenvalue weighted by Crippen LogP contribution is -1.97. The summed E-state index contributed by atoms with van der Waals surface area (Å²) in [6, 6.07) is 1.69. The van der Waals surface area contributed by atoms with Gasteiger partial charge in [-0.25, -0.2) is 19.9 Å². The van der Waals surface area contributed by atoms with Gasteiger partial charge in [-0.3, -0.25) is 0 Å². The van der Waals surface area contributed by atoms with Gasteiger partial charge in [0.1, 0.15) is 5.15 Å². The van der Waals surface area contributed by atoms with Crippen LogP contribution in [0, 0.1) is 13.8 Å². The molecular formula is C10H9ClN4. The summed E-state index contributed by atoms with van der Waals surface area (Å²) in [6.07, 6.45) is 3.45. The lowest BCUT2D eigenvalue weighted by Gasteiger charge is -2.00. The molecule has 0 N–H and O–H groups in total. The molecule has 76 valence electrons. The summed E-state index contributed by atoms with van der Waals surface area (Å²) in [5.74, 6) is 0.950. The van der Waals surface area contributed by atoms with Gasteiger partial charge in [0.25, 0.3) is 0 Å². The molecule has 0 radical (unpaired) electrons. The summed E-state index contributed by atoms with van der Waals surface area (Å²) < 4.78 is 0. The van der Waals surface area contributed by atoms with Crippen molar-refractivity contribution in [3.63, 3.8) is 0 Å². The molecule has 2 aromatic rings. The Morgan fingerprint density at radius 3 is 2.27 bits per heavy atom. The Labute approximate surface area is 92.4 Å². The SMILES string of the molecule is Cc1cnc(-c2nc(C)cc(Cl)n2)nc1. The topological polar surface area (TPSA) is 51.6 Å². The van der Waals surface area contributed by atoms with Crippen molar-refractivity contribution in [2.75, 3.05) is 0 Å². The van der Waals surface area contributed by atoms with Gasteiger partial charge >= 0.3 is 0 Å². The highest BCUT2D eigenvalue weighted by molar-refractivity contribution is 6.29. The number of aryl methyl sites for hydroxylation is 2. The molecule has 2 rings (SSSR count). The quantitative estimate of drug-likeness (QED) is 0.692. The molecule has 15 heavy (non-hydrogen) atoms. The highest BCUT2D eigenvalue weighted by atomic mass is 35.5. The largest absolute Gasteiger partial charge is 0.234 e. The number of hydrogen-bond acceptors (Lipinski definition) is 4. The van der Waals surface area contributed by atoms with Crippen LogP contribution in [0.3, 0.4) is 0 Å². The Balaban J connectivity index is 2.49. The molecule has 0 spiro atoms. The third-order valence-corrected chi connectivity index (χ3v) is 2.00. The highest BCUT2D eigenvalue weighted by Gasteiger charge is 2.06. The van der Waals surface area contributed by atoms with E-state index >= 15 is 0 Å². The smallest absolute Gasteiger partial charge is 0.199 e. The van der Waals surface area contributed by atoms with Crippen LogP contribution in [0.25, 0.3) is 11.6 Å². The molecule has 0 fully saturated rings. The first-order valence-electron chi connectivity index (χ1n) is 4.45. The van der Waals surface area contributed by atoms with E-state index in [1.165, 1.54) is 0 Å². The molecule has 0 aromatic carbocycles. The van der Waals surface area contributed by atoms with Gasteiger partial charge in [0, 0.05) is 18.1 Å². The van der Waals surface area contributed by atoms with Gasteiger partial charge in [-0.2, -0.15) is 0 Å². The van der Waals surface area contributed by atoms with E-state index in [2.05, 4.69) is 19.9 Å². The molecule has 4 nitrogen and oxygen atoms in total. The third kappa shape index (κ3) is 2.27. The molecular weight excluding hydrogens is 212 g/mol. The predicted molar refractivity (Wildman–Crippen MR) is 57.5 cm³/mol. The van der Waals surface area contributed by atoms with E-state index in [0.717, 1.165) is 11.3 Å². The van der Waals surface area contributed by atoms with Crippen molar-refractivity contribution < 1.29 is 0 Å². The summed E-state index contributed by atoms with van der Waals surface area (Å²) in [6.45, 7) is 3.78.